The maximum absolute atomic E-state index is 14.6. The molecule has 0 atom stereocenters. The molecule has 0 aliphatic carbocycles. The van der Waals surface area contributed by atoms with E-state index in [9.17, 15) is 36.2 Å². The molecule has 10 heteroatoms. The van der Waals surface area contributed by atoms with Crippen molar-refractivity contribution in [2.75, 3.05) is 0 Å². The monoisotopic (exact) mass is 450 g/mol. The summed E-state index contributed by atoms with van der Waals surface area (Å²) in [6.07, 6.45) is 0. The molecule has 0 radical (unpaired) electrons. The lowest BCUT2D eigenvalue weighted by atomic mass is 9.76. The van der Waals surface area contributed by atoms with E-state index in [1.165, 1.54) is 24.3 Å². The quantitative estimate of drug-likeness (QED) is 0.450. The van der Waals surface area contributed by atoms with Crippen LogP contribution in [0, 0.1) is 37.1 Å². The summed E-state index contributed by atoms with van der Waals surface area (Å²) in [6, 6.07) is 6.55. The number of hydrogen-bond acceptors (Lipinski definition) is 5. The lowest BCUT2D eigenvalue weighted by Crippen LogP contribution is -2.32. The summed E-state index contributed by atoms with van der Waals surface area (Å²) < 4.78 is 88.9. The molecular formula is C21H14F4O5S. The Balaban J connectivity index is 2.26. The molecule has 5 nitrogen and oxygen atoms in total. The number of rotatable bonds is 2. The molecule has 0 bridgehead atoms. The first kappa shape index (κ1) is 21.1. The van der Waals surface area contributed by atoms with E-state index in [1.54, 1.807) is 0 Å². The van der Waals surface area contributed by atoms with Crippen molar-refractivity contribution in [1.29, 1.82) is 0 Å². The van der Waals surface area contributed by atoms with E-state index in [1.807, 2.05) is 0 Å². The van der Waals surface area contributed by atoms with E-state index in [4.69, 9.17) is 4.18 Å². The van der Waals surface area contributed by atoms with Gasteiger partial charge in [0.15, 0.2) is 40.4 Å². The van der Waals surface area contributed by atoms with Crippen molar-refractivity contribution in [3.63, 3.8) is 0 Å². The highest BCUT2D eigenvalue weighted by Gasteiger charge is 2.53. The van der Waals surface area contributed by atoms with Crippen molar-refractivity contribution < 1.29 is 40.4 Å². The summed E-state index contributed by atoms with van der Waals surface area (Å²) in [5, 5.41) is 19.2. The largest absolute Gasteiger partial charge is 0.503 e. The van der Waals surface area contributed by atoms with Crippen LogP contribution in [-0.4, -0.2) is 18.6 Å². The number of phenolic OH excluding ortho intramolecular Hbond substituents is 2. The minimum Gasteiger partial charge on any atom is -0.503 e. The third-order valence-corrected chi connectivity index (χ3v) is 6.77. The Kier molecular flexibility index (Phi) is 4.56. The number of aromatic hydroxyl groups is 2. The van der Waals surface area contributed by atoms with Crippen molar-refractivity contribution in [2.24, 2.45) is 0 Å². The molecule has 3 aromatic carbocycles. The topological polar surface area (TPSA) is 83.8 Å². The standard InChI is InChI=1S/C21H14F4O5S/c1-9-12(7-14(22)19(26)17(9)24)21(13-8-15(23)20(27)18(25)10(13)2)11-5-3-4-6-16(11)31(28,29)30-21/h3-8,26-27H,1-2H3/i22-1,23-1,24-1,25-1. The van der Waals surface area contributed by atoms with Crippen LogP contribution in [0.15, 0.2) is 41.3 Å². The van der Waals surface area contributed by atoms with E-state index < -0.39 is 72.7 Å². The highest BCUT2D eigenvalue weighted by atomic mass is 32.2. The zero-order valence-electron chi connectivity index (χ0n) is 16.0. The van der Waals surface area contributed by atoms with Gasteiger partial charge in [-0.25, -0.2) is 21.7 Å². The van der Waals surface area contributed by atoms with Crippen molar-refractivity contribution in [3.8, 4) is 11.5 Å². The van der Waals surface area contributed by atoms with Gasteiger partial charge in [0.1, 0.15) is 4.90 Å². The molecule has 0 unspecified atom stereocenters. The van der Waals surface area contributed by atoms with Gasteiger partial charge in [0.05, 0.1) is 0 Å². The van der Waals surface area contributed by atoms with Crippen LogP contribution < -0.4 is 0 Å². The van der Waals surface area contributed by atoms with Crippen LogP contribution in [0.3, 0.4) is 0 Å². The fourth-order valence-corrected chi connectivity index (χ4v) is 5.31. The van der Waals surface area contributed by atoms with Gasteiger partial charge in [-0.1, -0.05) is 18.2 Å². The fraction of sp³-hybridized carbons (Fsp3) is 0.143. The van der Waals surface area contributed by atoms with Crippen LogP contribution in [0.25, 0.3) is 0 Å². The van der Waals surface area contributed by atoms with Crippen molar-refractivity contribution in [1.82, 2.24) is 0 Å². The fourth-order valence-electron chi connectivity index (χ4n) is 3.89. The second-order valence-corrected chi connectivity index (χ2v) is 8.62. The zero-order chi connectivity index (χ0) is 22.9. The molecule has 1 aliphatic heterocycles. The highest BCUT2D eigenvalue weighted by molar-refractivity contribution is 7.87. The Labute approximate surface area is 174 Å². The lowest BCUT2D eigenvalue weighted by molar-refractivity contribution is 0.175. The summed E-state index contributed by atoms with van der Waals surface area (Å²) in [5.74, 6) is -8.25. The van der Waals surface area contributed by atoms with Crippen LogP contribution in [-0.2, 0) is 19.9 Å². The summed E-state index contributed by atoms with van der Waals surface area (Å²) >= 11 is 0. The first-order chi connectivity index (χ1) is 14.4. The molecule has 0 aromatic heterocycles. The van der Waals surface area contributed by atoms with Crippen LogP contribution in [0.4, 0.5) is 17.6 Å². The highest BCUT2D eigenvalue weighted by Crippen LogP contribution is 2.53. The molecule has 0 fully saturated rings. The third kappa shape index (κ3) is 2.75. The lowest BCUT2D eigenvalue weighted by Gasteiger charge is -2.32. The predicted molar refractivity (Wildman–Crippen MR) is 100 cm³/mol. The number of phenols is 2. The van der Waals surface area contributed by atoms with E-state index in [-0.39, 0.29) is 10.5 Å². The van der Waals surface area contributed by atoms with Crippen LogP contribution in [0.2, 0.25) is 0 Å². The Morgan fingerprint density at radius 1 is 0.806 bits per heavy atom. The van der Waals surface area contributed by atoms with Gasteiger partial charge >= 0.3 is 0 Å². The minimum absolute atomic E-state index is 0.143. The van der Waals surface area contributed by atoms with E-state index >= 15 is 0 Å². The Bertz CT molecular complexity index is 1310. The summed E-state index contributed by atoms with van der Waals surface area (Å²) in [6.45, 7) is 2.26. The van der Waals surface area contributed by atoms with Crippen molar-refractivity contribution in [3.05, 3.63) is 87.5 Å². The van der Waals surface area contributed by atoms with Gasteiger partial charge in [-0.15, -0.1) is 0 Å². The number of fused-ring (bicyclic) bond motifs is 1. The first-order valence-corrected chi connectivity index (χ1v) is 10.3. The second kappa shape index (κ2) is 6.69. The maximum Gasteiger partial charge on any atom is 0.298 e. The molecule has 0 spiro atoms. The SMILES string of the molecule is Cc1c(C2(c3cc([18F])c(O)c([18F])c3C)OS(=O)(=O)c3ccccc32)cc([18F])c(O)c1[18F]. The Morgan fingerprint density at radius 2 is 1.26 bits per heavy atom. The van der Waals surface area contributed by atoms with Gasteiger partial charge in [-0.2, -0.15) is 8.42 Å². The van der Waals surface area contributed by atoms with Crippen LogP contribution in [0.1, 0.15) is 27.8 Å². The summed E-state index contributed by atoms with van der Waals surface area (Å²) in [4.78, 5) is -0.364. The molecule has 162 valence electrons. The Hall–Kier alpha value is -3.11. The van der Waals surface area contributed by atoms with E-state index in [0.717, 1.165) is 13.8 Å². The molecule has 1 aliphatic rings. The summed E-state index contributed by atoms with van der Waals surface area (Å²) in [7, 11) is -4.53. The smallest absolute Gasteiger partial charge is 0.298 e. The first-order valence-electron chi connectivity index (χ1n) is 8.84. The van der Waals surface area contributed by atoms with Gasteiger partial charge in [-0.3, -0.25) is 0 Å². The number of hydrogen-bond donors (Lipinski definition) is 2. The van der Waals surface area contributed by atoms with Gasteiger partial charge in [0, 0.05) is 16.7 Å². The molecule has 0 saturated heterocycles. The molecule has 3 aromatic rings. The normalized spacial score (nSPS) is 16.3. The molecule has 31 heavy (non-hydrogen) atoms. The predicted octanol–water partition coefficient (Wildman–Crippen LogP) is 4.28. The average Bonchev–Trinajstić information content (AvgIpc) is 2.98. The molecular weight excluding hydrogens is 436 g/mol. The Morgan fingerprint density at radius 3 is 1.74 bits per heavy atom. The molecule has 4 rings (SSSR count). The minimum atomic E-state index is -4.53. The number of halogens is 4. The van der Waals surface area contributed by atoms with E-state index in [0.29, 0.717) is 12.1 Å². The van der Waals surface area contributed by atoms with Crippen molar-refractivity contribution in [2.45, 2.75) is 24.3 Å². The van der Waals surface area contributed by atoms with Crippen LogP contribution >= 0.6 is 0 Å². The second-order valence-electron chi connectivity index (χ2n) is 7.10. The summed E-state index contributed by atoms with van der Waals surface area (Å²) in [5.41, 5.74) is -4.20. The molecule has 0 saturated carbocycles. The third-order valence-electron chi connectivity index (χ3n) is 5.41. The van der Waals surface area contributed by atoms with Gasteiger partial charge in [-0.05, 0) is 43.2 Å². The number of benzene rings is 3. The van der Waals surface area contributed by atoms with Gasteiger partial charge in [0.25, 0.3) is 10.1 Å². The van der Waals surface area contributed by atoms with E-state index in [2.05, 4.69) is 0 Å². The van der Waals surface area contributed by atoms with Gasteiger partial charge < -0.3 is 10.2 Å². The molecule has 1 heterocycles. The average molecular weight is 450 g/mol. The maximum atomic E-state index is 14.6. The zero-order valence-corrected chi connectivity index (χ0v) is 16.8. The van der Waals surface area contributed by atoms with Crippen LogP contribution in [0.5, 0.6) is 11.5 Å². The van der Waals surface area contributed by atoms with Crippen molar-refractivity contribution >= 4 is 10.1 Å². The van der Waals surface area contributed by atoms with Gasteiger partial charge in [0.2, 0.25) is 0 Å². The molecule has 0 amide bonds. The molecule has 2 N–H and O–H groups in total.